The Morgan fingerprint density at radius 3 is 1.23 bits per heavy atom. The lowest BCUT2D eigenvalue weighted by Crippen LogP contribution is -2.23. The fourth-order valence-corrected chi connectivity index (χ4v) is 14.7. The molecule has 0 aliphatic carbocycles. The number of nitrogens with one attached hydrogen (secondary N) is 3. The maximum atomic E-state index is 13.0. The summed E-state index contributed by atoms with van der Waals surface area (Å²) in [5, 5.41) is 41.4. The predicted octanol–water partition coefficient (Wildman–Crippen LogP) is 11.5. The molecule has 3 amide bonds. The van der Waals surface area contributed by atoms with Gasteiger partial charge in [-0.1, -0.05) is 52.2 Å². The number of nitrogens with two attached hydrogens (primary N) is 3. The molecule has 12 heterocycles. The number of nitrogens with zero attached hydrogens (tertiary/aromatic N) is 9. The van der Waals surface area contributed by atoms with Gasteiger partial charge in [0.05, 0.1) is 72.4 Å². The molecule has 0 fully saturated rings. The number of amides is 3. The van der Waals surface area contributed by atoms with E-state index in [1.807, 2.05) is 105 Å². The number of aromatic nitrogens is 9. The van der Waals surface area contributed by atoms with Crippen molar-refractivity contribution in [3.63, 3.8) is 0 Å². The number of benzene rings is 3. The summed E-state index contributed by atoms with van der Waals surface area (Å²) in [6.45, 7) is 0.834. The Hall–Kier alpha value is -10.8. The van der Waals surface area contributed by atoms with Crippen molar-refractivity contribution in [1.82, 2.24) is 59.1 Å². The lowest BCUT2D eigenvalue weighted by Gasteiger charge is -2.07. The second-order valence-corrected chi connectivity index (χ2v) is 26.0. The first-order valence-corrected chi connectivity index (χ1v) is 33.3. The Balaban J connectivity index is 0.000000127. The number of esters is 1. The van der Waals surface area contributed by atoms with Crippen molar-refractivity contribution < 1.29 is 38.9 Å². The number of nitrogen functional groups attached to an aromatic ring is 3. The summed E-state index contributed by atoms with van der Waals surface area (Å²) in [4.78, 5) is 89.9. The van der Waals surface area contributed by atoms with Gasteiger partial charge in [0.15, 0.2) is 43.7 Å². The summed E-state index contributed by atoms with van der Waals surface area (Å²) >= 11 is 8.73. The minimum atomic E-state index is -1.11. The molecule has 0 bridgehead atoms. The zero-order valence-electron chi connectivity index (χ0n) is 48.5. The predicted molar refractivity (Wildman–Crippen MR) is 365 cm³/mol. The van der Waals surface area contributed by atoms with E-state index in [1.165, 1.54) is 68.2 Å². The molecule has 0 saturated heterocycles. The van der Waals surface area contributed by atoms with Crippen LogP contribution in [0, 0.1) is 0 Å². The van der Waals surface area contributed by atoms with Crippen molar-refractivity contribution >= 4 is 161 Å². The smallest absolute Gasteiger partial charge is 0.357 e. The number of carbonyl (C=O) groups excluding carboxylic acids is 4. The number of thiazole rings is 3. The molecule has 464 valence electrons. The van der Waals surface area contributed by atoms with Crippen molar-refractivity contribution in [3.8, 4) is 33.8 Å². The van der Waals surface area contributed by atoms with Gasteiger partial charge in [0.25, 0.3) is 17.7 Å². The number of anilines is 3. The molecule has 0 aliphatic rings. The van der Waals surface area contributed by atoms with Crippen molar-refractivity contribution in [1.29, 1.82) is 0 Å². The van der Waals surface area contributed by atoms with Crippen LogP contribution in [0.1, 0.15) is 74.4 Å². The van der Waals surface area contributed by atoms with Crippen LogP contribution in [0.3, 0.4) is 0 Å². The van der Waals surface area contributed by atoms with Gasteiger partial charge in [-0.2, -0.15) is 34.0 Å². The second-order valence-electron chi connectivity index (χ2n) is 20.5. The molecule has 15 rings (SSSR count). The molecule has 3 aromatic carbocycles. The third kappa shape index (κ3) is 12.5. The molecule has 0 atom stereocenters. The van der Waals surface area contributed by atoms with Gasteiger partial charge in [0.1, 0.15) is 11.4 Å². The van der Waals surface area contributed by atoms with E-state index in [9.17, 15) is 34.2 Å². The average Bonchev–Trinajstić information content (AvgIpc) is 1.64. The molecule has 0 unspecified atom stereocenters. The van der Waals surface area contributed by atoms with Gasteiger partial charge in [-0.3, -0.25) is 23.2 Å². The number of hydrogen-bond donors (Lipinski definition) is 8. The minimum absolute atomic E-state index is 0.0243. The number of imidazole rings is 3. The first-order valence-electron chi connectivity index (χ1n) is 28.0. The normalized spacial score (nSPS) is 11.2. The molecule has 0 spiro atoms. The number of aliphatic hydroxyl groups excluding tert-OH is 1. The summed E-state index contributed by atoms with van der Waals surface area (Å²) in [5.41, 5.74) is 29.8. The highest BCUT2D eigenvalue weighted by atomic mass is 32.1. The zero-order valence-corrected chi connectivity index (χ0v) is 53.4. The molecule has 0 aliphatic heterocycles. The van der Waals surface area contributed by atoms with Crippen LogP contribution >= 0.6 is 68.0 Å². The van der Waals surface area contributed by atoms with E-state index < -0.39 is 11.9 Å². The molecule has 15 aromatic rings. The molecule has 12 aromatic heterocycles. The lowest BCUT2D eigenvalue weighted by atomic mass is 10.2. The van der Waals surface area contributed by atoms with Crippen molar-refractivity contribution in [2.45, 2.75) is 26.2 Å². The minimum Gasteiger partial charge on any atom is -0.476 e. The number of fused-ring (bicyclic) bond motifs is 6. The van der Waals surface area contributed by atoms with Crippen LogP contribution in [0.25, 0.3) is 81.4 Å². The van der Waals surface area contributed by atoms with Crippen LogP contribution in [0.4, 0.5) is 15.4 Å². The summed E-state index contributed by atoms with van der Waals surface area (Å²) in [5.74, 6) is -2.49. The first kappa shape index (κ1) is 61.1. The summed E-state index contributed by atoms with van der Waals surface area (Å²) < 4.78 is 12.7. The monoisotopic (exact) mass is 1350 g/mol. The van der Waals surface area contributed by atoms with Crippen LogP contribution in [0.15, 0.2) is 160 Å². The fourth-order valence-electron chi connectivity index (χ4n) is 10.4. The Labute approximate surface area is 549 Å². The van der Waals surface area contributed by atoms with Gasteiger partial charge in [-0.25, -0.2) is 39.5 Å². The number of carbonyl (C=O) groups is 5. The SMILES string of the molecule is COC(=O)c1c(-c2ccsc2)nc2c(C(=O)NCc3ccc4nc(N)sc4c3)cccn12.Nc1nc2ccc(CNC(=O)c3cccn4c(C(=O)O)c(-c5ccsc5)nc34)cc2s1.Nc1nc2ccc(CNC(=O)c3cccn4c(CO)c(-c5ccsc5)nc34)cc2s1. The fraction of sp³-hybridized carbons (Fsp3) is 0.0781. The average molecular weight is 1350 g/mol. The number of ether oxygens (including phenoxy) is 1. The van der Waals surface area contributed by atoms with Gasteiger partial charge in [-0.15, -0.1) is 0 Å². The maximum absolute atomic E-state index is 13.0. The standard InChI is InChI=1S/C22H17N5O3S2.C21H15N5O3S2.C21H17N5O2S2/c1-30-21(29)18-17(13-6-8-31-11-13)26-19-14(3-2-7-27(18)19)20(28)24-10-12-4-5-15-16(9-12)32-22(23)25-15;22-21-24-14-4-3-11(8-15(14)31-21)9-23-19(27)13-2-1-6-26-17(20(28)29)16(25-18(13)26)12-5-7-30-10-12;22-21-24-15-4-3-12(8-17(15)30-21)9-23-20(28)14-2-1-6-26-16(10-27)18(25-19(14)26)13-5-7-29-11-13/h2-9,11H,10H2,1H3,(H2,23,25)(H,24,28);1-8,10H,9H2,(H2,22,24)(H,23,27)(H,28,29);1-8,11,27H,9-10H2,(H2,22,24)(H,23,28). The van der Waals surface area contributed by atoms with Gasteiger partial charge < -0.3 is 52.5 Å². The molecular weight excluding hydrogens is 1300 g/mol. The third-order valence-electron chi connectivity index (χ3n) is 14.7. The number of carboxylic acids is 1. The Kier molecular flexibility index (Phi) is 17.2. The van der Waals surface area contributed by atoms with Gasteiger partial charge in [-0.05, 0) is 124 Å². The maximum Gasteiger partial charge on any atom is 0.357 e. The number of hydrogen-bond acceptors (Lipinski definition) is 22. The molecule has 0 radical (unpaired) electrons. The van der Waals surface area contributed by atoms with Gasteiger partial charge >= 0.3 is 11.9 Å². The number of aromatic carboxylic acids is 1. The number of carboxylic acid groups (broad SMARTS) is 1. The van der Waals surface area contributed by atoms with Crippen molar-refractivity contribution in [2.75, 3.05) is 24.3 Å². The van der Waals surface area contributed by atoms with E-state index in [4.69, 9.17) is 21.9 Å². The van der Waals surface area contributed by atoms with Crippen LogP contribution in [0.5, 0.6) is 0 Å². The van der Waals surface area contributed by atoms with Crippen LogP contribution in [-0.2, 0) is 31.0 Å². The van der Waals surface area contributed by atoms with Crippen molar-refractivity contribution in [3.05, 3.63) is 211 Å². The third-order valence-corrected chi connectivity index (χ3v) is 19.3. The number of rotatable bonds is 15. The summed E-state index contributed by atoms with van der Waals surface area (Å²) in [7, 11) is 1.32. The zero-order chi connectivity index (χ0) is 64.4. The lowest BCUT2D eigenvalue weighted by molar-refractivity contribution is 0.0592. The number of methoxy groups -OCH3 is 1. The molecule has 0 saturated carbocycles. The Morgan fingerprint density at radius 2 is 0.849 bits per heavy atom. The number of aliphatic hydroxyl groups is 1. The van der Waals surface area contributed by atoms with Crippen LogP contribution in [-0.4, -0.2) is 90.1 Å². The topological polar surface area (TPSA) is 340 Å². The molecule has 93 heavy (non-hydrogen) atoms. The van der Waals surface area contributed by atoms with Gasteiger partial charge in [0.2, 0.25) is 0 Å². The van der Waals surface area contributed by atoms with E-state index in [2.05, 4.69) is 45.9 Å². The molecule has 11 N–H and O–H groups in total. The number of pyridine rings is 3. The summed E-state index contributed by atoms with van der Waals surface area (Å²) in [6, 6.07) is 33.1. The van der Waals surface area contributed by atoms with E-state index in [0.29, 0.717) is 97.0 Å². The summed E-state index contributed by atoms with van der Waals surface area (Å²) in [6.07, 6.45) is 5.10. The van der Waals surface area contributed by atoms with E-state index in [0.717, 1.165) is 58.5 Å². The van der Waals surface area contributed by atoms with E-state index in [-0.39, 0.29) is 35.7 Å². The van der Waals surface area contributed by atoms with Gasteiger partial charge in [0, 0.05) is 71.1 Å². The highest BCUT2D eigenvalue weighted by molar-refractivity contribution is 7.22. The highest BCUT2D eigenvalue weighted by Crippen LogP contribution is 2.33. The molecule has 23 nitrogen and oxygen atoms in total. The van der Waals surface area contributed by atoms with Crippen molar-refractivity contribution in [2.24, 2.45) is 0 Å². The Bertz CT molecular complexity index is 5340. The molecular formula is C64H49N15O8S6. The Morgan fingerprint density at radius 1 is 0.484 bits per heavy atom. The van der Waals surface area contributed by atoms with Crippen LogP contribution < -0.4 is 33.2 Å². The second kappa shape index (κ2) is 26.2. The molecule has 29 heteroatoms. The quantitative estimate of drug-likeness (QED) is 0.0442. The van der Waals surface area contributed by atoms with E-state index >= 15 is 0 Å². The van der Waals surface area contributed by atoms with E-state index in [1.54, 1.807) is 75.0 Å². The first-order chi connectivity index (χ1) is 45.2. The highest BCUT2D eigenvalue weighted by Gasteiger charge is 2.27. The largest absolute Gasteiger partial charge is 0.476 e. The van der Waals surface area contributed by atoms with Crippen LogP contribution in [0.2, 0.25) is 0 Å². The number of thiophene rings is 3.